The summed E-state index contributed by atoms with van der Waals surface area (Å²) in [6.45, 7) is 0.291. The van der Waals surface area contributed by atoms with Gasteiger partial charge in [0.2, 0.25) is 0 Å². The SMILES string of the molecule is O=C(NCCc1ccc(O)cc1)c1cc(F)ccc1F. The summed E-state index contributed by atoms with van der Waals surface area (Å²) in [7, 11) is 0. The van der Waals surface area contributed by atoms with Gasteiger partial charge in [0.15, 0.2) is 0 Å². The van der Waals surface area contributed by atoms with Crippen molar-refractivity contribution in [3.05, 3.63) is 65.2 Å². The van der Waals surface area contributed by atoms with Crippen LogP contribution >= 0.6 is 0 Å². The highest BCUT2D eigenvalue weighted by atomic mass is 19.1. The Morgan fingerprint density at radius 1 is 1.10 bits per heavy atom. The summed E-state index contributed by atoms with van der Waals surface area (Å²) in [6.07, 6.45) is 0.531. The number of rotatable bonds is 4. The quantitative estimate of drug-likeness (QED) is 0.902. The molecule has 0 spiro atoms. The van der Waals surface area contributed by atoms with Gasteiger partial charge in [-0.1, -0.05) is 12.1 Å². The first-order valence-electron chi connectivity index (χ1n) is 6.07. The summed E-state index contributed by atoms with van der Waals surface area (Å²) in [4.78, 5) is 11.7. The van der Waals surface area contributed by atoms with Crippen LogP contribution in [0.3, 0.4) is 0 Å². The zero-order valence-electron chi connectivity index (χ0n) is 10.6. The lowest BCUT2D eigenvalue weighted by atomic mass is 10.1. The van der Waals surface area contributed by atoms with Crippen LogP contribution in [-0.2, 0) is 6.42 Å². The van der Waals surface area contributed by atoms with Gasteiger partial charge in [-0.05, 0) is 42.3 Å². The summed E-state index contributed by atoms with van der Waals surface area (Å²) in [6, 6.07) is 9.29. The van der Waals surface area contributed by atoms with Gasteiger partial charge in [0.25, 0.3) is 5.91 Å². The first-order chi connectivity index (χ1) is 9.56. The van der Waals surface area contributed by atoms with E-state index in [2.05, 4.69) is 5.32 Å². The van der Waals surface area contributed by atoms with Gasteiger partial charge < -0.3 is 10.4 Å². The van der Waals surface area contributed by atoms with Gasteiger partial charge in [0.05, 0.1) is 5.56 Å². The van der Waals surface area contributed by atoms with Crippen molar-refractivity contribution >= 4 is 5.91 Å². The predicted molar refractivity (Wildman–Crippen MR) is 70.5 cm³/mol. The van der Waals surface area contributed by atoms with Gasteiger partial charge in [-0.15, -0.1) is 0 Å². The molecule has 2 aromatic carbocycles. The number of hydrogen-bond donors (Lipinski definition) is 2. The number of hydrogen-bond acceptors (Lipinski definition) is 2. The molecule has 0 heterocycles. The molecular weight excluding hydrogens is 264 g/mol. The molecule has 0 saturated carbocycles. The molecule has 20 heavy (non-hydrogen) atoms. The molecular formula is C15H13F2NO2. The van der Waals surface area contributed by atoms with Crippen LogP contribution in [0.2, 0.25) is 0 Å². The number of nitrogens with one attached hydrogen (secondary N) is 1. The van der Waals surface area contributed by atoms with E-state index in [1.807, 2.05) is 0 Å². The highest BCUT2D eigenvalue weighted by molar-refractivity contribution is 5.94. The fraction of sp³-hybridized carbons (Fsp3) is 0.133. The first-order valence-corrected chi connectivity index (χ1v) is 6.07. The van der Waals surface area contributed by atoms with E-state index in [0.29, 0.717) is 13.0 Å². The van der Waals surface area contributed by atoms with Crippen LogP contribution in [0.1, 0.15) is 15.9 Å². The smallest absolute Gasteiger partial charge is 0.254 e. The van der Waals surface area contributed by atoms with Gasteiger partial charge in [0, 0.05) is 6.54 Å². The van der Waals surface area contributed by atoms with Crippen LogP contribution in [0.5, 0.6) is 5.75 Å². The Morgan fingerprint density at radius 2 is 1.80 bits per heavy atom. The average molecular weight is 277 g/mol. The fourth-order valence-corrected chi connectivity index (χ4v) is 1.75. The zero-order chi connectivity index (χ0) is 14.5. The molecule has 2 rings (SSSR count). The van der Waals surface area contributed by atoms with Crippen molar-refractivity contribution < 1.29 is 18.7 Å². The first kappa shape index (κ1) is 14.0. The van der Waals surface area contributed by atoms with Gasteiger partial charge in [0.1, 0.15) is 17.4 Å². The summed E-state index contributed by atoms with van der Waals surface area (Å²) in [5.41, 5.74) is 0.610. The molecule has 0 saturated heterocycles. The van der Waals surface area contributed by atoms with Crippen LogP contribution in [0.15, 0.2) is 42.5 Å². The van der Waals surface area contributed by atoms with Gasteiger partial charge in [-0.3, -0.25) is 4.79 Å². The molecule has 0 aliphatic carbocycles. The Morgan fingerprint density at radius 3 is 2.50 bits per heavy atom. The molecule has 0 aliphatic rings. The Kier molecular flexibility index (Phi) is 4.30. The molecule has 0 unspecified atom stereocenters. The largest absolute Gasteiger partial charge is 0.508 e. The lowest BCUT2D eigenvalue weighted by Crippen LogP contribution is -2.26. The van der Waals surface area contributed by atoms with Crippen molar-refractivity contribution in [2.45, 2.75) is 6.42 Å². The number of halogens is 2. The minimum atomic E-state index is -0.756. The number of carbonyl (C=O) groups is 1. The third kappa shape index (κ3) is 3.54. The second kappa shape index (κ2) is 6.14. The van der Waals surface area contributed by atoms with Gasteiger partial charge >= 0.3 is 0 Å². The van der Waals surface area contributed by atoms with Crippen molar-refractivity contribution in [1.29, 1.82) is 0 Å². The molecule has 1 amide bonds. The fourth-order valence-electron chi connectivity index (χ4n) is 1.75. The summed E-state index contributed by atoms with van der Waals surface area (Å²) in [5, 5.41) is 11.7. The van der Waals surface area contributed by atoms with E-state index in [9.17, 15) is 13.6 Å². The number of amides is 1. The van der Waals surface area contributed by atoms with Crippen LogP contribution in [0.4, 0.5) is 8.78 Å². The van der Waals surface area contributed by atoms with Crippen molar-refractivity contribution in [1.82, 2.24) is 5.32 Å². The Bertz CT molecular complexity index is 612. The van der Waals surface area contributed by atoms with E-state index < -0.39 is 17.5 Å². The molecule has 3 nitrogen and oxygen atoms in total. The average Bonchev–Trinajstić information content (AvgIpc) is 2.43. The van der Waals surface area contributed by atoms with Gasteiger partial charge in [-0.2, -0.15) is 0 Å². The minimum absolute atomic E-state index is 0.166. The molecule has 0 atom stereocenters. The van der Waals surface area contributed by atoms with Crippen LogP contribution in [0, 0.1) is 11.6 Å². The Balaban J connectivity index is 1.92. The highest BCUT2D eigenvalue weighted by Crippen LogP contribution is 2.11. The molecule has 104 valence electrons. The van der Waals surface area contributed by atoms with Crippen molar-refractivity contribution in [3.63, 3.8) is 0 Å². The van der Waals surface area contributed by atoms with E-state index in [1.165, 1.54) is 0 Å². The molecule has 0 aromatic heterocycles. The second-order valence-electron chi connectivity index (χ2n) is 4.30. The lowest BCUT2D eigenvalue weighted by Gasteiger charge is -2.06. The third-order valence-corrected chi connectivity index (χ3v) is 2.81. The molecule has 0 fully saturated rings. The van der Waals surface area contributed by atoms with Crippen molar-refractivity contribution in [2.24, 2.45) is 0 Å². The molecule has 2 N–H and O–H groups in total. The predicted octanol–water partition coefficient (Wildman–Crippen LogP) is 2.64. The lowest BCUT2D eigenvalue weighted by molar-refractivity contribution is 0.0949. The topological polar surface area (TPSA) is 49.3 Å². The second-order valence-corrected chi connectivity index (χ2v) is 4.30. The normalized spacial score (nSPS) is 10.3. The van der Waals surface area contributed by atoms with E-state index in [0.717, 1.165) is 23.8 Å². The Labute approximate surface area is 114 Å². The number of aromatic hydroxyl groups is 1. The van der Waals surface area contributed by atoms with E-state index in [1.54, 1.807) is 24.3 Å². The minimum Gasteiger partial charge on any atom is -0.508 e. The van der Waals surface area contributed by atoms with Crippen molar-refractivity contribution in [3.8, 4) is 5.75 Å². The van der Waals surface area contributed by atoms with E-state index in [-0.39, 0.29) is 11.3 Å². The molecule has 5 heteroatoms. The molecule has 0 radical (unpaired) electrons. The number of benzene rings is 2. The standard InChI is InChI=1S/C15H13F2NO2/c16-11-3-6-14(17)13(9-11)15(20)18-8-7-10-1-4-12(19)5-2-10/h1-6,9,19H,7-8H2,(H,18,20). The summed E-state index contributed by atoms with van der Waals surface area (Å²) < 4.78 is 26.3. The zero-order valence-corrected chi connectivity index (χ0v) is 10.6. The Hall–Kier alpha value is -2.43. The summed E-state index contributed by atoms with van der Waals surface area (Å²) >= 11 is 0. The van der Waals surface area contributed by atoms with E-state index in [4.69, 9.17) is 5.11 Å². The van der Waals surface area contributed by atoms with Crippen LogP contribution in [0.25, 0.3) is 0 Å². The number of phenols is 1. The number of phenolic OH excluding ortho intramolecular Hbond substituents is 1. The monoisotopic (exact) mass is 277 g/mol. The molecule has 0 aliphatic heterocycles. The maximum atomic E-state index is 13.4. The maximum absolute atomic E-state index is 13.4. The molecule has 2 aromatic rings. The molecule has 0 bridgehead atoms. The van der Waals surface area contributed by atoms with Crippen molar-refractivity contribution in [2.75, 3.05) is 6.54 Å². The summed E-state index contributed by atoms with van der Waals surface area (Å²) in [5.74, 6) is -1.90. The maximum Gasteiger partial charge on any atom is 0.254 e. The van der Waals surface area contributed by atoms with Gasteiger partial charge in [-0.25, -0.2) is 8.78 Å². The number of carbonyl (C=O) groups excluding carboxylic acids is 1. The van der Waals surface area contributed by atoms with Crippen LogP contribution < -0.4 is 5.32 Å². The van der Waals surface area contributed by atoms with Crippen LogP contribution in [-0.4, -0.2) is 17.6 Å². The highest BCUT2D eigenvalue weighted by Gasteiger charge is 2.12. The van der Waals surface area contributed by atoms with E-state index >= 15 is 0 Å². The third-order valence-electron chi connectivity index (χ3n) is 2.81.